The third-order valence-corrected chi connectivity index (χ3v) is 2.72. The molecule has 0 fully saturated rings. The van der Waals surface area contributed by atoms with Crippen molar-refractivity contribution in [3.63, 3.8) is 0 Å². The average Bonchev–Trinajstić information content (AvgIpc) is 2.38. The summed E-state index contributed by atoms with van der Waals surface area (Å²) in [5.41, 5.74) is 1.41. The van der Waals surface area contributed by atoms with E-state index < -0.39 is 11.8 Å². The van der Waals surface area contributed by atoms with Gasteiger partial charge in [-0.2, -0.15) is 0 Å². The second-order valence-electron chi connectivity index (χ2n) is 4.29. The van der Waals surface area contributed by atoms with Crippen molar-refractivity contribution in [2.24, 2.45) is 0 Å². The molecule has 4 nitrogen and oxygen atoms in total. The number of hydrogen-bond donors (Lipinski definition) is 2. The number of halogens is 1. The van der Waals surface area contributed by atoms with Gasteiger partial charge < -0.3 is 10.4 Å². The summed E-state index contributed by atoms with van der Waals surface area (Å²) in [6.45, 7) is 1.47. The van der Waals surface area contributed by atoms with Crippen LogP contribution in [0.25, 0.3) is 0 Å². The highest BCUT2D eigenvalue weighted by Crippen LogP contribution is 2.20. The lowest BCUT2D eigenvalue weighted by Gasteiger charge is -2.08. The fourth-order valence-corrected chi connectivity index (χ4v) is 1.74. The molecule has 0 spiro atoms. The summed E-state index contributed by atoms with van der Waals surface area (Å²) in [5, 5.41) is 11.8. The van der Waals surface area contributed by atoms with Crippen LogP contribution < -0.4 is 5.32 Å². The van der Waals surface area contributed by atoms with Gasteiger partial charge in [-0.25, -0.2) is 9.18 Å². The van der Waals surface area contributed by atoms with Gasteiger partial charge in [0.2, 0.25) is 0 Å². The lowest BCUT2D eigenvalue weighted by atomic mass is 10.1. The summed E-state index contributed by atoms with van der Waals surface area (Å²) in [6, 6.07) is 10.1. The monoisotopic (exact) mass is 273 g/mol. The molecule has 0 saturated carbocycles. The Kier molecular flexibility index (Phi) is 3.79. The number of benzene rings is 2. The zero-order valence-corrected chi connectivity index (χ0v) is 10.7. The van der Waals surface area contributed by atoms with Crippen molar-refractivity contribution in [1.29, 1.82) is 0 Å². The number of carboxylic acids is 1. The number of rotatable bonds is 4. The quantitative estimate of drug-likeness (QED) is 0.837. The van der Waals surface area contributed by atoms with Crippen molar-refractivity contribution in [3.05, 3.63) is 59.4 Å². The number of carbonyl (C=O) groups excluding carboxylic acids is 1. The summed E-state index contributed by atoms with van der Waals surface area (Å²) in [4.78, 5) is 22.0. The Labute approximate surface area is 114 Å². The summed E-state index contributed by atoms with van der Waals surface area (Å²) in [6.07, 6.45) is 0. The average molecular weight is 273 g/mol. The zero-order valence-electron chi connectivity index (χ0n) is 10.7. The van der Waals surface area contributed by atoms with Gasteiger partial charge in [0.1, 0.15) is 5.82 Å². The molecule has 0 saturated heterocycles. The summed E-state index contributed by atoms with van der Waals surface area (Å²) >= 11 is 0. The molecular formula is C15H12FNO3. The fraction of sp³-hybridized carbons (Fsp3) is 0.0667. The smallest absolute Gasteiger partial charge is 0.335 e. The highest BCUT2D eigenvalue weighted by molar-refractivity contribution is 5.94. The van der Waals surface area contributed by atoms with E-state index in [0.29, 0.717) is 16.9 Å². The van der Waals surface area contributed by atoms with E-state index in [9.17, 15) is 14.0 Å². The van der Waals surface area contributed by atoms with E-state index >= 15 is 0 Å². The molecule has 2 rings (SSSR count). The first kappa shape index (κ1) is 13.7. The Morgan fingerprint density at radius 2 is 1.65 bits per heavy atom. The van der Waals surface area contributed by atoms with Crippen molar-refractivity contribution in [3.8, 4) is 0 Å². The predicted octanol–water partition coefficient (Wildman–Crippen LogP) is 3.47. The van der Waals surface area contributed by atoms with Crippen LogP contribution in [-0.4, -0.2) is 16.9 Å². The largest absolute Gasteiger partial charge is 0.478 e. The van der Waals surface area contributed by atoms with Crippen LogP contribution in [0.4, 0.5) is 15.8 Å². The van der Waals surface area contributed by atoms with Crippen LogP contribution in [-0.2, 0) is 0 Å². The Morgan fingerprint density at radius 3 is 2.20 bits per heavy atom. The molecule has 0 aromatic heterocycles. The molecule has 0 aliphatic heterocycles. The minimum atomic E-state index is -1.19. The van der Waals surface area contributed by atoms with Gasteiger partial charge in [-0.15, -0.1) is 0 Å². The van der Waals surface area contributed by atoms with Gasteiger partial charge in [0.25, 0.3) is 0 Å². The van der Waals surface area contributed by atoms with Gasteiger partial charge >= 0.3 is 5.97 Å². The van der Waals surface area contributed by atoms with Gasteiger partial charge in [0.05, 0.1) is 5.56 Å². The summed E-state index contributed by atoms with van der Waals surface area (Å²) in [7, 11) is 0. The predicted molar refractivity (Wildman–Crippen MR) is 73.1 cm³/mol. The van der Waals surface area contributed by atoms with Crippen molar-refractivity contribution in [1.82, 2.24) is 0 Å². The highest BCUT2D eigenvalue weighted by atomic mass is 19.1. The highest BCUT2D eigenvalue weighted by Gasteiger charge is 2.07. The van der Waals surface area contributed by atoms with E-state index in [1.54, 1.807) is 24.3 Å². The summed E-state index contributed by atoms with van der Waals surface area (Å²) < 4.78 is 13.3. The van der Waals surface area contributed by atoms with Crippen LogP contribution in [0.15, 0.2) is 42.5 Å². The normalized spacial score (nSPS) is 10.1. The molecule has 2 aromatic carbocycles. The van der Waals surface area contributed by atoms with E-state index in [1.165, 1.54) is 19.1 Å². The SMILES string of the molecule is CC(=O)c1ccc(Nc2cc(F)cc(C(=O)O)c2)cc1. The lowest BCUT2D eigenvalue weighted by molar-refractivity contribution is 0.0696. The number of carboxylic acid groups (broad SMARTS) is 1. The number of ketones is 1. The number of aromatic carboxylic acids is 1. The van der Waals surface area contributed by atoms with Gasteiger partial charge in [-0.3, -0.25) is 4.79 Å². The lowest BCUT2D eigenvalue weighted by Crippen LogP contribution is -2.00. The molecule has 2 aromatic rings. The molecule has 20 heavy (non-hydrogen) atoms. The second kappa shape index (κ2) is 5.52. The van der Waals surface area contributed by atoms with Crippen LogP contribution in [0, 0.1) is 5.82 Å². The number of anilines is 2. The van der Waals surface area contributed by atoms with Crippen molar-refractivity contribution >= 4 is 23.1 Å². The minimum Gasteiger partial charge on any atom is -0.478 e. The maximum absolute atomic E-state index is 13.3. The molecule has 0 aliphatic carbocycles. The molecule has 0 unspecified atom stereocenters. The van der Waals surface area contributed by atoms with Gasteiger partial charge in [-0.1, -0.05) is 0 Å². The molecule has 0 aliphatic rings. The topological polar surface area (TPSA) is 66.4 Å². The Bertz CT molecular complexity index is 665. The first-order valence-electron chi connectivity index (χ1n) is 5.87. The van der Waals surface area contributed by atoms with Crippen LogP contribution in [0.1, 0.15) is 27.6 Å². The van der Waals surface area contributed by atoms with Crippen LogP contribution in [0.2, 0.25) is 0 Å². The second-order valence-corrected chi connectivity index (χ2v) is 4.29. The number of hydrogen-bond acceptors (Lipinski definition) is 3. The summed E-state index contributed by atoms with van der Waals surface area (Å²) in [5.74, 6) is -1.87. The maximum Gasteiger partial charge on any atom is 0.335 e. The molecule has 0 amide bonds. The molecule has 0 heterocycles. The Hall–Kier alpha value is -2.69. The van der Waals surface area contributed by atoms with Crippen molar-refractivity contribution in [2.75, 3.05) is 5.32 Å². The van der Waals surface area contributed by atoms with Crippen molar-refractivity contribution in [2.45, 2.75) is 6.92 Å². The first-order chi connectivity index (χ1) is 9.45. The molecule has 0 radical (unpaired) electrons. The van der Waals surface area contributed by atoms with Gasteiger partial charge in [0.15, 0.2) is 5.78 Å². The standard InChI is InChI=1S/C15H12FNO3/c1-9(18)10-2-4-13(5-3-10)17-14-7-11(15(19)20)6-12(16)8-14/h2-8,17H,1H3,(H,19,20). The Morgan fingerprint density at radius 1 is 1.00 bits per heavy atom. The van der Waals surface area contributed by atoms with E-state index in [4.69, 9.17) is 5.11 Å². The molecule has 5 heteroatoms. The molecule has 102 valence electrons. The van der Waals surface area contributed by atoms with E-state index in [-0.39, 0.29) is 11.3 Å². The van der Waals surface area contributed by atoms with Crippen LogP contribution in [0.5, 0.6) is 0 Å². The number of Topliss-reactive ketones (excluding diaryl/α,β-unsaturated/α-hetero) is 1. The minimum absolute atomic E-state index is 0.0459. The first-order valence-corrected chi connectivity index (χ1v) is 5.87. The third-order valence-electron chi connectivity index (χ3n) is 2.72. The zero-order chi connectivity index (χ0) is 14.7. The molecule has 0 atom stereocenters. The van der Waals surface area contributed by atoms with E-state index in [2.05, 4.69) is 5.32 Å². The Balaban J connectivity index is 2.25. The van der Waals surface area contributed by atoms with Crippen molar-refractivity contribution < 1.29 is 19.1 Å². The van der Waals surface area contributed by atoms with Crippen LogP contribution in [0.3, 0.4) is 0 Å². The number of nitrogens with one attached hydrogen (secondary N) is 1. The molecule has 2 N–H and O–H groups in total. The van der Waals surface area contributed by atoms with Gasteiger partial charge in [-0.05, 0) is 49.4 Å². The van der Waals surface area contributed by atoms with Gasteiger partial charge in [0, 0.05) is 16.9 Å². The van der Waals surface area contributed by atoms with Crippen LogP contribution >= 0.6 is 0 Å². The third kappa shape index (κ3) is 3.20. The maximum atomic E-state index is 13.3. The fourth-order valence-electron chi connectivity index (χ4n) is 1.74. The molecular weight excluding hydrogens is 261 g/mol. The van der Waals surface area contributed by atoms with E-state index in [1.807, 2.05) is 0 Å². The number of carbonyl (C=O) groups is 2. The molecule has 0 bridgehead atoms. The van der Waals surface area contributed by atoms with E-state index in [0.717, 1.165) is 6.07 Å².